The van der Waals surface area contributed by atoms with Gasteiger partial charge in [-0.3, -0.25) is 10.2 Å². The molecule has 0 amide bonds. The molecule has 0 saturated heterocycles. The third-order valence-electron chi connectivity index (χ3n) is 1.62. The molecule has 0 atom stereocenters. The Kier molecular flexibility index (Phi) is 1.58. The highest BCUT2D eigenvalue weighted by Gasteiger charge is 2.06. The van der Waals surface area contributed by atoms with Crippen LogP contribution < -0.4 is 0 Å². The summed E-state index contributed by atoms with van der Waals surface area (Å²) in [4.78, 5) is 4.06. The van der Waals surface area contributed by atoms with Crippen LogP contribution in [0, 0.1) is 11.7 Å². The lowest BCUT2D eigenvalue weighted by Crippen LogP contribution is -1.79. The SMILES string of the molecule is Cc1occc1-c1nc(=S)[nH][nH]1. The highest BCUT2D eigenvalue weighted by atomic mass is 32.1. The molecule has 0 aromatic carbocycles. The van der Waals surface area contributed by atoms with Crippen LogP contribution in [-0.4, -0.2) is 15.2 Å². The van der Waals surface area contributed by atoms with Gasteiger partial charge in [-0.2, -0.15) is 4.98 Å². The first-order chi connectivity index (χ1) is 5.77. The van der Waals surface area contributed by atoms with Gasteiger partial charge in [-0.15, -0.1) is 0 Å². The van der Waals surface area contributed by atoms with Gasteiger partial charge in [-0.05, 0) is 25.2 Å². The zero-order valence-electron chi connectivity index (χ0n) is 6.42. The van der Waals surface area contributed by atoms with E-state index in [-0.39, 0.29) is 0 Å². The molecule has 0 spiro atoms. The molecule has 0 aliphatic rings. The van der Waals surface area contributed by atoms with Crippen molar-refractivity contribution < 1.29 is 4.42 Å². The summed E-state index contributed by atoms with van der Waals surface area (Å²) in [5.74, 6) is 1.54. The molecule has 0 unspecified atom stereocenters. The Bertz CT molecular complexity index is 439. The molecule has 5 heteroatoms. The summed E-state index contributed by atoms with van der Waals surface area (Å²) in [5.41, 5.74) is 0.933. The van der Waals surface area contributed by atoms with Crippen LogP contribution >= 0.6 is 12.2 Å². The molecule has 0 radical (unpaired) electrons. The van der Waals surface area contributed by atoms with Crippen molar-refractivity contribution in [3.05, 3.63) is 22.9 Å². The molecule has 2 rings (SSSR count). The first-order valence-corrected chi connectivity index (χ1v) is 3.87. The van der Waals surface area contributed by atoms with E-state index in [1.54, 1.807) is 6.26 Å². The maximum atomic E-state index is 5.12. The van der Waals surface area contributed by atoms with Gasteiger partial charge in [-0.1, -0.05) is 0 Å². The van der Waals surface area contributed by atoms with Gasteiger partial charge < -0.3 is 4.42 Å². The lowest BCUT2D eigenvalue weighted by Gasteiger charge is -1.89. The lowest BCUT2D eigenvalue weighted by atomic mass is 10.2. The molecular weight excluding hydrogens is 174 g/mol. The van der Waals surface area contributed by atoms with Crippen LogP contribution in [0.25, 0.3) is 11.4 Å². The predicted molar refractivity (Wildman–Crippen MR) is 46.2 cm³/mol. The van der Waals surface area contributed by atoms with Crippen molar-refractivity contribution in [3.8, 4) is 11.4 Å². The standard InChI is InChI=1S/C7H7N3OS/c1-4-5(2-3-11-4)6-8-7(12)10-9-6/h2-3H,1H3,(H2,8,9,10,12). The number of aryl methyl sites for hydroxylation is 1. The Morgan fingerprint density at radius 3 is 2.83 bits per heavy atom. The van der Waals surface area contributed by atoms with Gasteiger partial charge in [-0.25, -0.2) is 0 Å². The second kappa shape index (κ2) is 2.60. The van der Waals surface area contributed by atoms with Gasteiger partial charge in [0.15, 0.2) is 5.82 Å². The van der Waals surface area contributed by atoms with Crippen LogP contribution in [0.15, 0.2) is 16.7 Å². The Labute approximate surface area is 73.6 Å². The number of nitrogens with one attached hydrogen (secondary N) is 2. The first-order valence-electron chi connectivity index (χ1n) is 3.46. The monoisotopic (exact) mass is 181 g/mol. The van der Waals surface area contributed by atoms with Crippen molar-refractivity contribution in [1.29, 1.82) is 0 Å². The van der Waals surface area contributed by atoms with E-state index in [1.807, 2.05) is 13.0 Å². The Balaban J connectivity index is 2.57. The number of aromatic nitrogens is 3. The van der Waals surface area contributed by atoms with Crippen LogP contribution in [0.1, 0.15) is 5.76 Å². The molecule has 62 valence electrons. The maximum absolute atomic E-state index is 5.12. The van der Waals surface area contributed by atoms with Crippen LogP contribution in [-0.2, 0) is 0 Å². The van der Waals surface area contributed by atoms with Gasteiger partial charge in [0.1, 0.15) is 5.76 Å². The fraction of sp³-hybridized carbons (Fsp3) is 0.143. The molecule has 0 bridgehead atoms. The highest BCUT2D eigenvalue weighted by molar-refractivity contribution is 7.71. The zero-order chi connectivity index (χ0) is 8.55. The van der Waals surface area contributed by atoms with Crippen molar-refractivity contribution in [2.45, 2.75) is 6.92 Å². The van der Waals surface area contributed by atoms with E-state index in [0.29, 0.717) is 10.6 Å². The van der Waals surface area contributed by atoms with E-state index in [2.05, 4.69) is 15.2 Å². The van der Waals surface area contributed by atoms with Crippen LogP contribution in [0.4, 0.5) is 0 Å². The van der Waals surface area contributed by atoms with Gasteiger partial charge in [0.25, 0.3) is 0 Å². The third kappa shape index (κ3) is 1.08. The fourth-order valence-corrected chi connectivity index (χ4v) is 1.17. The van der Waals surface area contributed by atoms with Crippen LogP contribution in [0.3, 0.4) is 0 Å². The summed E-state index contributed by atoms with van der Waals surface area (Å²) < 4.78 is 5.57. The number of hydrogen-bond acceptors (Lipinski definition) is 3. The van der Waals surface area contributed by atoms with Crippen molar-refractivity contribution in [2.24, 2.45) is 0 Å². The van der Waals surface area contributed by atoms with E-state index in [0.717, 1.165) is 11.3 Å². The summed E-state index contributed by atoms with van der Waals surface area (Å²) in [6, 6.07) is 1.84. The Morgan fingerprint density at radius 2 is 2.33 bits per heavy atom. The minimum atomic E-state index is 0.450. The van der Waals surface area contributed by atoms with Crippen LogP contribution in [0.5, 0.6) is 0 Å². The molecule has 0 fully saturated rings. The fourth-order valence-electron chi connectivity index (χ4n) is 1.03. The molecule has 2 aromatic rings. The van der Waals surface area contributed by atoms with Crippen molar-refractivity contribution >= 4 is 12.2 Å². The van der Waals surface area contributed by atoms with Crippen molar-refractivity contribution in [2.75, 3.05) is 0 Å². The average molecular weight is 181 g/mol. The third-order valence-corrected chi connectivity index (χ3v) is 1.81. The largest absolute Gasteiger partial charge is 0.469 e. The molecule has 0 aliphatic carbocycles. The molecule has 4 nitrogen and oxygen atoms in total. The Hall–Kier alpha value is -1.36. The second-order valence-corrected chi connectivity index (χ2v) is 2.79. The molecular formula is C7H7N3OS. The Morgan fingerprint density at radius 1 is 1.50 bits per heavy atom. The summed E-state index contributed by atoms with van der Waals surface area (Å²) >= 11 is 4.82. The maximum Gasteiger partial charge on any atom is 0.213 e. The zero-order valence-corrected chi connectivity index (χ0v) is 7.23. The topological polar surface area (TPSA) is 57.6 Å². The van der Waals surface area contributed by atoms with Crippen LogP contribution in [0.2, 0.25) is 0 Å². The molecule has 2 aromatic heterocycles. The number of aromatic amines is 2. The average Bonchev–Trinajstić information content (AvgIpc) is 2.58. The smallest absolute Gasteiger partial charge is 0.213 e. The van der Waals surface area contributed by atoms with E-state index in [1.165, 1.54) is 0 Å². The minimum Gasteiger partial charge on any atom is -0.469 e. The van der Waals surface area contributed by atoms with E-state index < -0.39 is 0 Å². The van der Waals surface area contributed by atoms with Crippen molar-refractivity contribution in [3.63, 3.8) is 0 Å². The molecule has 2 N–H and O–H groups in total. The second-order valence-electron chi connectivity index (χ2n) is 2.41. The number of H-pyrrole nitrogens is 2. The van der Waals surface area contributed by atoms with Crippen molar-refractivity contribution in [1.82, 2.24) is 15.2 Å². The molecule has 0 aliphatic heterocycles. The summed E-state index contributed by atoms with van der Waals surface area (Å²) in [5, 5.41) is 5.57. The quantitative estimate of drug-likeness (QED) is 0.662. The number of furan rings is 1. The molecule has 12 heavy (non-hydrogen) atoms. The normalized spacial score (nSPS) is 10.4. The van der Waals surface area contributed by atoms with E-state index in [4.69, 9.17) is 16.6 Å². The summed E-state index contributed by atoms with van der Waals surface area (Å²) in [6.07, 6.45) is 1.62. The number of hydrogen-bond donors (Lipinski definition) is 2. The van der Waals surface area contributed by atoms with Gasteiger partial charge in [0.05, 0.1) is 11.8 Å². The minimum absolute atomic E-state index is 0.450. The van der Waals surface area contributed by atoms with E-state index in [9.17, 15) is 0 Å². The number of nitrogens with zero attached hydrogens (tertiary/aromatic N) is 1. The highest BCUT2D eigenvalue weighted by Crippen LogP contribution is 2.19. The summed E-state index contributed by atoms with van der Waals surface area (Å²) in [6.45, 7) is 1.88. The van der Waals surface area contributed by atoms with Gasteiger partial charge in [0, 0.05) is 0 Å². The van der Waals surface area contributed by atoms with Gasteiger partial charge in [0.2, 0.25) is 4.77 Å². The number of rotatable bonds is 1. The first kappa shape index (κ1) is 7.30. The lowest BCUT2D eigenvalue weighted by molar-refractivity contribution is 0.535. The predicted octanol–water partition coefficient (Wildman–Crippen LogP) is 2.04. The summed E-state index contributed by atoms with van der Waals surface area (Å²) in [7, 11) is 0. The van der Waals surface area contributed by atoms with E-state index >= 15 is 0 Å². The molecule has 0 saturated carbocycles. The van der Waals surface area contributed by atoms with Gasteiger partial charge >= 0.3 is 0 Å². The molecule has 2 heterocycles.